The number of alkyl halides is 3. The second-order valence-corrected chi connectivity index (χ2v) is 6.91. The van der Waals surface area contributed by atoms with Crippen LogP contribution in [0.25, 0.3) is 11.0 Å². The van der Waals surface area contributed by atoms with E-state index in [1.165, 1.54) is 25.3 Å². The number of fused-ring (bicyclic) bond motifs is 3. The summed E-state index contributed by atoms with van der Waals surface area (Å²) in [6.07, 6.45) is -5.75. The lowest BCUT2D eigenvalue weighted by atomic mass is 10.1. The van der Waals surface area contributed by atoms with Gasteiger partial charge in [-0.3, -0.25) is 0 Å². The van der Waals surface area contributed by atoms with E-state index in [-0.39, 0.29) is 16.5 Å². The van der Waals surface area contributed by atoms with Gasteiger partial charge < -0.3 is 9.15 Å². The largest absolute Gasteiger partial charge is 0.497 e. The van der Waals surface area contributed by atoms with E-state index in [0.29, 0.717) is 5.75 Å². The Morgan fingerprint density at radius 1 is 1.32 bits per heavy atom. The molecule has 0 saturated heterocycles. The zero-order valence-electron chi connectivity index (χ0n) is 11.1. The number of hydrogen-bond donors (Lipinski definition) is 0. The molecule has 0 fully saturated rings. The van der Waals surface area contributed by atoms with E-state index in [0.717, 1.165) is 0 Å². The molecule has 0 radical (unpaired) electrons. The van der Waals surface area contributed by atoms with Crippen LogP contribution in [0.4, 0.5) is 13.2 Å². The first-order valence-electron chi connectivity index (χ1n) is 6.10. The van der Waals surface area contributed by atoms with Gasteiger partial charge in [-0.2, -0.15) is 13.2 Å². The third-order valence-corrected chi connectivity index (χ3v) is 5.75. The molecule has 118 valence electrons. The summed E-state index contributed by atoms with van der Waals surface area (Å²) in [5.74, 6) is 0.337. The number of halogens is 3. The highest BCUT2D eigenvalue weighted by Gasteiger charge is 2.55. The summed E-state index contributed by atoms with van der Waals surface area (Å²) in [4.78, 5) is 11.0. The minimum Gasteiger partial charge on any atom is -0.497 e. The fraction of sp³-hybridized carbons (Fsp3) is 0.308. The molecular formula is C13H9F3O5S. The first-order valence-corrected chi connectivity index (χ1v) is 7.65. The predicted octanol–water partition coefficient (Wildman–Crippen LogP) is 2.06. The molecule has 9 heteroatoms. The molecule has 0 bridgehead atoms. The van der Waals surface area contributed by atoms with Gasteiger partial charge in [0.25, 0.3) is 0 Å². The maximum Gasteiger partial charge on any atom is 0.406 e. The van der Waals surface area contributed by atoms with Gasteiger partial charge >= 0.3 is 11.8 Å². The normalized spacial score (nSPS) is 20.1. The molecule has 1 atom stereocenters. The Morgan fingerprint density at radius 3 is 2.59 bits per heavy atom. The molecule has 0 spiro atoms. The van der Waals surface area contributed by atoms with Crippen molar-refractivity contribution in [1.29, 1.82) is 0 Å². The maximum atomic E-state index is 12.9. The molecule has 2 aromatic rings. The Bertz CT molecular complexity index is 927. The Kier molecular flexibility index (Phi) is 3.03. The Balaban J connectivity index is 2.36. The van der Waals surface area contributed by atoms with Crippen molar-refractivity contribution in [3.63, 3.8) is 0 Å². The van der Waals surface area contributed by atoms with Crippen LogP contribution in [0, 0.1) is 0 Å². The predicted molar refractivity (Wildman–Crippen MR) is 69.8 cm³/mol. The van der Waals surface area contributed by atoms with E-state index in [2.05, 4.69) is 0 Å². The number of ether oxygens (including phenoxy) is 1. The average Bonchev–Trinajstić information content (AvgIpc) is 2.70. The molecule has 0 amide bonds. The van der Waals surface area contributed by atoms with Crippen LogP contribution in [-0.2, 0) is 16.3 Å². The lowest BCUT2D eigenvalue weighted by Gasteiger charge is -2.12. The third-order valence-electron chi connectivity index (χ3n) is 3.59. The summed E-state index contributed by atoms with van der Waals surface area (Å²) in [7, 11) is -3.43. The van der Waals surface area contributed by atoms with Crippen molar-refractivity contribution in [1.82, 2.24) is 0 Å². The molecule has 0 aliphatic carbocycles. The molecule has 1 unspecified atom stereocenters. The van der Waals surface area contributed by atoms with Crippen LogP contribution in [0.1, 0.15) is 5.56 Å². The summed E-state index contributed by atoms with van der Waals surface area (Å²) < 4.78 is 72.6. The van der Waals surface area contributed by atoms with Gasteiger partial charge in [-0.05, 0) is 17.7 Å². The zero-order chi connectivity index (χ0) is 16.3. The molecule has 2 heterocycles. The zero-order valence-corrected chi connectivity index (χ0v) is 11.9. The van der Waals surface area contributed by atoms with Gasteiger partial charge in [-0.15, -0.1) is 0 Å². The summed E-state index contributed by atoms with van der Waals surface area (Å²) >= 11 is 0. The average molecular weight is 334 g/mol. The van der Waals surface area contributed by atoms with Crippen molar-refractivity contribution in [3.05, 3.63) is 34.2 Å². The van der Waals surface area contributed by atoms with E-state index < -0.39 is 38.2 Å². The van der Waals surface area contributed by atoms with Crippen molar-refractivity contribution < 1.29 is 30.7 Å². The lowest BCUT2D eigenvalue weighted by molar-refractivity contribution is -0.129. The monoisotopic (exact) mass is 334 g/mol. The number of rotatable bonds is 1. The first-order chi connectivity index (χ1) is 10.2. The lowest BCUT2D eigenvalue weighted by Crippen LogP contribution is -2.35. The highest BCUT2D eigenvalue weighted by Crippen LogP contribution is 2.41. The molecule has 0 N–H and O–H groups in total. The molecule has 1 aromatic heterocycles. The van der Waals surface area contributed by atoms with Crippen LogP contribution in [0.3, 0.4) is 0 Å². The molecule has 1 aliphatic rings. The van der Waals surface area contributed by atoms with Crippen LogP contribution in [-0.4, -0.2) is 27.0 Å². The van der Waals surface area contributed by atoms with Gasteiger partial charge in [0.05, 0.1) is 7.11 Å². The minimum atomic E-state index is -4.96. The van der Waals surface area contributed by atoms with Gasteiger partial charge in [0.1, 0.15) is 11.3 Å². The molecule has 0 saturated carbocycles. The van der Waals surface area contributed by atoms with Crippen molar-refractivity contribution in [2.75, 3.05) is 7.11 Å². The quantitative estimate of drug-likeness (QED) is 0.747. The third kappa shape index (κ3) is 1.99. The van der Waals surface area contributed by atoms with Gasteiger partial charge in [0, 0.05) is 17.9 Å². The second-order valence-electron chi connectivity index (χ2n) is 4.84. The van der Waals surface area contributed by atoms with E-state index in [4.69, 9.17) is 9.15 Å². The van der Waals surface area contributed by atoms with Crippen LogP contribution in [0.15, 0.2) is 32.3 Å². The van der Waals surface area contributed by atoms with Gasteiger partial charge in [-0.25, -0.2) is 13.2 Å². The second kappa shape index (κ2) is 4.48. The molecular weight excluding hydrogens is 325 g/mol. The number of methoxy groups -OCH3 is 1. The summed E-state index contributed by atoms with van der Waals surface area (Å²) in [6, 6.07) is 4.16. The van der Waals surface area contributed by atoms with Crippen molar-refractivity contribution in [2.24, 2.45) is 0 Å². The summed E-state index contributed by atoms with van der Waals surface area (Å²) in [6.45, 7) is 0. The maximum absolute atomic E-state index is 12.9. The van der Waals surface area contributed by atoms with E-state index in [1.807, 2.05) is 0 Å². The molecule has 5 nitrogen and oxygen atoms in total. The van der Waals surface area contributed by atoms with Crippen LogP contribution >= 0.6 is 0 Å². The van der Waals surface area contributed by atoms with Crippen molar-refractivity contribution >= 4 is 20.8 Å². The number of sulfone groups is 1. The summed E-state index contributed by atoms with van der Waals surface area (Å²) in [5.41, 5.74) is -1.46. The highest BCUT2D eigenvalue weighted by atomic mass is 32.2. The first kappa shape index (κ1) is 14.9. The van der Waals surface area contributed by atoms with E-state index >= 15 is 0 Å². The molecule has 1 aromatic carbocycles. The van der Waals surface area contributed by atoms with Crippen LogP contribution in [0.5, 0.6) is 5.75 Å². The molecule has 1 aliphatic heterocycles. The van der Waals surface area contributed by atoms with Crippen LogP contribution < -0.4 is 10.4 Å². The van der Waals surface area contributed by atoms with Crippen molar-refractivity contribution in [3.8, 4) is 5.75 Å². The topological polar surface area (TPSA) is 73.6 Å². The Morgan fingerprint density at radius 2 is 2.00 bits per heavy atom. The van der Waals surface area contributed by atoms with Gasteiger partial charge in [-0.1, -0.05) is 0 Å². The Labute approximate surface area is 122 Å². The smallest absolute Gasteiger partial charge is 0.406 e. The fourth-order valence-corrected chi connectivity index (χ4v) is 4.41. The van der Waals surface area contributed by atoms with Gasteiger partial charge in [0.15, 0.2) is 20.0 Å². The minimum absolute atomic E-state index is 0.0128. The van der Waals surface area contributed by atoms with Crippen LogP contribution in [0.2, 0.25) is 0 Å². The van der Waals surface area contributed by atoms with Crippen molar-refractivity contribution in [2.45, 2.75) is 22.7 Å². The number of benzene rings is 1. The fourth-order valence-electron chi connectivity index (χ4n) is 2.57. The number of hydrogen-bond acceptors (Lipinski definition) is 5. The highest BCUT2D eigenvalue weighted by molar-refractivity contribution is 7.92. The molecule has 3 rings (SSSR count). The Hall–Kier alpha value is -2.03. The van der Waals surface area contributed by atoms with Gasteiger partial charge in [0.2, 0.25) is 0 Å². The van der Waals surface area contributed by atoms with E-state index in [1.54, 1.807) is 0 Å². The SMILES string of the molecule is COc1ccc2c3c(c(=O)oc2c1)S(=O)(=O)C(C(F)(F)F)C3. The van der Waals surface area contributed by atoms with E-state index in [9.17, 15) is 26.4 Å². The standard InChI is InChI=1S/C13H9F3O5S/c1-20-6-2-3-7-8-5-10(13(14,15)16)22(18,19)11(8)12(17)21-9(7)4-6/h2-4,10H,5H2,1H3. The molecule has 22 heavy (non-hydrogen) atoms. The summed E-state index contributed by atoms with van der Waals surface area (Å²) in [5, 5.41) is -2.46.